The summed E-state index contributed by atoms with van der Waals surface area (Å²) in [5, 5.41) is 10.9. The predicted molar refractivity (Wildman–Crippen MR) is 78.8 cm³/mol. The van der Waals surface area contributed by atoms with Crippen molar-refractivity contribution in [3.63, 3.8) is 0 Å². The molecular formula is C13H22N2O3Si. The van der Waals surface area contributed by atoms with Crippen LogP contribution in [0.2, 0.25) is 18.1 Å². The maximum atomic E-state index is 10.8. The zero-order valence-electron chi connectivity index (χ0n) is 12.2. The summed E-state index contributed by atoms with van der Waals surface area (Å²) in [6.45, 7) is 10.9. The standard InChI is InChI=1S/C13H22N2O3Si/c1-13(2,3)19(4,5)18-12-8-11(15(16)17)7-6-10(12)9-14/h6-8H,9,14H2,1-5H3. The van der Waals surface area contributed by atoms with Crippen LogP contribution < -0.4 is 10.2 Å². The van der Waals surface area contributed by atoms with E-state index in [0.29, 0.717) is 12.3 Å². The van der Waals surface area contributed by atoms with E-state index in [9.17, 15) is 10.1 Å². The van der Waals surface area contributed by atoms with Crippen LogP contribution in [0.4, 0.5) is 5.69 Å². The highest BCUT2D eigenvalue weighted by molar-refractivity contribution is 6.74. The van der Waals surface area contributed by atoms with Gasteiger partial charge in [-0.1, -0.05) is 20.8 Å². The summed E-state index contributed by atoms with van der Waals surface area (Å²) >= 11 is 0. The van der Waals surface area contributed by atoms with Gasteiger partial charge in [0, 0.05) is 18.2 Å². The van der Waals surface area contributed by atoms with Crippen LogP contribution in [0.3, 0.4) is 0 Å². The van der Waals surface area contributed by atoms with Gasteiger partial charge >= 0.3 is 0 Å². The predicted octanol–water partition coefficient (Wildman–Crippen LogP) is 3.44. The number of hydrogen-bond donors (Lipinski definition) is 1. The van der Waals surface area contributed by atoms with E-state index < -0.39 is 13.2 Å². The lowest BCUT2D eigenvalue weighted by atomic mass is 10.2. The first-order chi connectivity index (χ1) is 8.58. The topological polar surface area (TPSA) is 78.4 Å². The highest BCUT2D eigenvalue weighted by atomic mass is 28.4. The summed E-state index contributed by atoms with van der Waals surface area (Å²) in [6, 6.07) is 4.60. The average Bonchev–Trinajstić information content (AvgIpc) is 2.26. The lowest BCUT2D eigenvalue weighted by Crippen LogP contribution is -2.44. The molecule has 5 nitrogen and oxygen atoms in total. The lowest BCUT2D eigenvalue weighted by Gasteiger charge is -2.36. The molecule has 1 rings (SSSR count). The van der Waals surface area contributed by atoms with Crippen molar-refractivity contribution < 1.29 is 9.35 Å². The second-order valence-corrected chi connectivity index (χ2v) is 10.8. The van der Waals surface area contributed by atoms with Gasteiger partial charge in [-0.2, -0.15) is 0 Å². The molecule has 0 atom stereocenters. The molecule has 1 aromatic carbocycles. The van der Waals surface area contributed by atoms with Crippen LogP contribution in [0.25, 0.3) is 0 Å². The molecule has 0 saturated heterocycles. The Balaban J connectivity index is 3.18. The Bertz CT molecular complexity index is 481. The highest BCUT2D eigenvalue weighted by Gasteiger charge is 2.39. The molecule has 0 unspecified atom stereocenters. The van der Waals surface area contributed by atoms with Gasteiger partial charge in [0.25, 0.3) is 5.69 Å². The second kappa shape index (κ2) is 5.30. The van der Waals surface area contributed by atoms with Crippen molar-refractivity contribution >= 4 is 14.0 Å². The Kier molecular flexibility index (Phi) is 4.37. The van der Waals surface area contributed by atoms with Gasteiger partial charge in [-0.3, -0.25) is 10.1 Å². The zero-order chi connectivity index (χ0) is 14.8. The van der Waals surface area contributed by atoms with Gasteiger partial charge in [-0.25, -0.2) is 0 Å². The highest BCUT2D eigenvalue weighted by Crippen LogP contribution is 2.38. The van der Waals surface area contributed by atoms with E-state index >= 15 is 0 Å². The van der Waals surface area contributed by atoms with Gasteiger partial charge in [-0.05, 0) is 24.2 Å². The van der Waals surface area contributed by atoms with E-state index in [2.05, 4.69) is 33.9 Å². The maximum absolute atomic E-state index is 10.8. The summed E-state index contributed by atoms with van der Waals surface area (Å²) in [5.41, 5.74) is 6.50. The maximum Gasteiger partial charge on any atom is 0.273 e. The fraction of sp³-hybridized carbons (Fsp3) is 0.538. The first kappa shape index (κ1) is 15.7. The molecule has 0 aliphatic rings. The fourth-order valence-electron chi connectivity index (χ4n) is 1.35. The molecule has 0 aliphatic carbocycles. The van der Waals surface area contributed by atoms with Crippen molar-refractivity contribution in [1.29, 1.82) is 0 Å². The number of nitro benzene ring substituents is 1. The molecule has 0 amide bonds. The molecule has 106 valence electrons. The van der Waals surface area contributed by atoms with E-state index in [-0.39, 0.29) is 10.7 Å². The summed E-state index contributed by atoms with van der Waals surface area (Å²) in [4.78, 5) is 10.4. The summed E-state index contributed by atoms with van der Waals surface area (Å²) in [5.74, 6) is 0.545. The van der Waals surface area contributed by atoms with Crippen LogP contribution in [-0.2, 0) is 6.54 Å². The molecule has 6 heteroatoms. The third-order valence-corrected chi connectivity index (χ3v) is 8.00. The van der Waals surface area contributed by atoms with Crippen molar-refractivity contribution in [1.82, 2.24) is 0 Å². The minimum absolute atomic E-state index is 0.0312. The minimum atomic E-state index is -2.03. The average molecular weight is 282 g/mol. The molecule has 0 radical (unpaired) electrons. The van der Waals surface area contributed by atoms with Crippen LogP contribution in [0, 0.1) is 10.1 Å². The Morgan fingerprint density at radius 3 is 2.37 bits per heavy atom. The lowest BCUT2D eigenvalue weighted by molar-refractivity contribution is -0.384. The number of non-ortho nitro benzene ring substituents is 1. The normalized spacial score (nSPS) is 12.3. The van der Waals surface area contributed by atoms with Gasteiger partial charge in [0.15, 0.2) is 0 Å². The molecule has 19 heavy (non-hydrogen) atoms. The molecule has 0 fully saturated rings. The number of rotatable bonds is 4. The first-order valence-corrected chi connectivity index (χ1v) is 9.16. The monoisotopic (exact) mass is 282 g/mol. The number of nitrogens with zero attached hydrogens (tertiary/aromatic N) is 1. The third-order valence-electron chi connectivity index (χ3n) is 3.65. The van der Waals surface area contributed by atoms with Crippen molar-refractivity contribution in [2.45, 2.75) is 45.4 Å². The molecule has 0 bridgehead atoms. The van der Waals surface area contributed by atoms with Gasteiger partial charge < -0.3 is 10.2 Å². The molecule has 2 N–H and O–H groups in total. The van der Waals surface area contributed by atoms with Crippen LogP contribution in [0.5, 0.6) is 5.75 Å². The molecule has 0 spiro atoms. The van der Waals surface area contributed by atoms with Crippen LogP contribution in [0.15, 0.2) is 18.2 Å². The summed E-state index contributed by atoms with van der Waals surface area (Å²) in [6.07, 6.45) is 0. The SMILES string of the molecule is CC(C)(C)[Si](C)(C)Oc1cc([N+](=O)[O-])ccc1CN. The van der Waals surface area contributed by atoms with Crippen LogP contribution >= 0.6 is 0 Å². The van der Waals surface area contributed by atoms with Crippen molar-refractivity contribution in [3.8, 4) is 5.75 Å². The molecule has 1 aromatic rings. The number of nitrogens with two attached hydrogens (primary N) is 1. The quantitative estimate of drug-likeness (QED) is 0.521. The number of benzene rings is 1. The van der Waals surface area contributed by atoms with Gasteiger partial charge in [0.1, 0.15) is 5.75 Å². The second-order valence-electron chi connectivity index (χ2n) is 6.12. The third kappa shape index (κ3) is 3.54. The molecule has 0 aliphatic heterocycles. The number of nitro groups is 1. The summed E-state index contributed by atoms with van der Waals surface area (Å²) < 4.78 is 6.13. The molecule has 0 heterocycles. The Labute approximate surface area is 115 Å². The fourth-order valence-corrected chi connectivity index (χ4v) is 2.39. The molecule has 0 saturated carbocycles. The Morgan fingerprint density at radius 2 is 1.95 bits per heavy atom. The largest absolute Gasteiger partial charge is 0.543 e. The Morgan fingerprint density at radius 1 is 1.37 bits per heavy atom. The molecule has 0 aromatic heterocycles. The zero-order valence-corrected chi connectivity index (χ0v) is 13.2. The van der Waals surface area contributed by atoms with Crippen molar-refractivity contribution in [3.05, 3.63) is 33.9 Å². The van der Waals surface area contributed by atoms with E-state index in [1.54, 1.807) is 6.07 Å². The van der Waals surface area contributed by atoms with E-state index in [4.69, 9.17) is 10.2 Å². The van der Waals surface area contributed by atoms with Crippen molar-refractivity contribution in [2.24, 2.45) is 5.73 Å². The smallest absolute Gasteiger partial charge is 0.273 e. The van der Waals surface area contributed by atoms with E-state index in [1.165, 1.54) is 12.1 Å². The van der Waals surface area contributed by atoms with Gasteiger partial charge in [-0.15, -0.1) is 0 Å². The van der Waals surface area contributed by atoms with Gasteiger partial charge in [0.05, 0.1) is 11.0 Å². The van der Waals surface area contributed by atoms with Crippen molar-refractivity contribution in [2.75, 3.05) is 0 Å². The van der Waals surface area contributed by atoms with Gasteiger partial charge in [0.2, 0.25) is 8.32 Å². The van der Waals surface area contributed by atoms with E-state index in [1.807, 2.05) is 0 Å². The Hall–Kier alpha value is -1.40. The number of hydrogen-bond acceptors (Lipinski definition) is 4. The first-order valence-electron chi connectivity index (χ1n) is 6.25. The summed E-state index contributed by atoms with van der Waals surface area (Å²) in [7, 11) is -2.03. The van der Waals surface area contributed by atoms with E-state index in [0.717, 1.165) is 5.56 Å². The minimum Gasteiger partial charge on any atom is -0.543 e. The van der Waals surface area contributed by atoms with Crippen LogP contribution in [0.1, 0.15) is 26.3 Å². The van der Waals surface area contributed by atoms with Crippen LogP contribution in [-0.4, -0.2) is 13.2 Å². The molecular weight excluding hydrogens is 260 g/mol.